The fraction of sp³-hybridized carbons (Fsp3) is 0.522. The average Bonchev–Trinajstić information content (AvgIpc) is 3.00. The Bertz CT molecular complexity index is 852. The molecule has 0 saturated heterocycles. The maximum Gasteiger partial charge on any atom is 0.193 e. The molecule has 0 fully saturated rings. The van der Waals surface area contributed by atoms with E-state index in [1.54, 1.807) is 0 Å². The van der Waals surface area contributed by atoms with Crippen molar-refractivity contribution in [1.82, 2.24) is 25.0 Å². The van der Waals surface area contributed by atoms with E-state index in [1.807, 2.05) is 7.05 Å². The molecule has 4 rings (SSSR count). The molecular weight excluding hydrogens is 360 g/mol. The number of aliphatic imine (C=N–C) groups is 1. The summed E-state index contributed by atoms with van der Waals surface area (Å²) in [6, 6.07) is 10.7. The van der Waals surface area contributed by atoms with Gasteiger partial charge in [-0.3, -0.25) is 4.99 Å². The minimum atomic E-state index is 0.903. The van der Waals surface area contributed by atoms with Crippen molar-refractivity contribution in [3.05, 3.63) is 53.6 Å². The van der Waals surface area contributed by atoms with Gasteiger partial charge in [0.25, 0.3) is 0 Å². The average molecular weight is 393 g/mol. The standard InChI is InChI=1S/C23H32N6/c1-24-23(28-17-13-20(14-18-28)19-9-4-2-5-10-19)25-15-8-12-22-27-26-21-11-6-3-7-16-29(21)22/h2,4-5,9-10,13H,3,6-8,11-12,14-18H2,1H3,(H,24,25). The molecule has 0 radical (unpaired) electrons. The molecule has 154 valence electrons. The Morgan fingerprint density at radius 3 is 2.76 bits per heavy atom. The second-order valence-corrected chi connectivity index (χ2v) is 7.86. The molecule has 3 heterocycles. The highest BCUT2D eigenvalue weighted by Gasteiger charge is 2.17. The lowest BCUT2D eigenvalue weighted by Crippen LogP contribution is -2.43. The molecule has 1 N–H and O–H groups in total. The van der Waals surface area contributed by atoms with Crippen LogP contribution in [-0.2, 0) is 19.4 Å². The zero-order chi connectivity index (χ0) is 19.9. The highest BCUT2D eigenvalue weighted by Crippen LogP contribution is 2.22. The zero-order valence-corrected chi connectivity index (χ0v) is 17.5. The fourth-order valence-electron chi connectivity index (χ4n) is 4.29. The molecule has 0 saturated carbocycles. The first-order chi connectivity index (χ1) is 14.3. The molecule has 6 heteroatoms. The molecule has 0 bridgehead atoms. The minimum Gasteiger partial charge on any atom is -0.356 e. The molecule has 2 aromatic rings. The van der Waals surface area contributed by atoms with Crippen molar-refractivity contribution >= 4 is 11.5 Å². The van der Waals surface area contributed by atoms with Crippen LogP contribution in [0.5, 0.6) is 0 Å². The summed E-state index contributed by atoms with van der Waals surface area (Å²) >= 11 is 0. The van der Waals surface area contributed by atoms with Crippen LogP contribution in [-0.4, -0.2) is 52.3 Å². The maximum absolute atomic E-state index is 4.50. The predicted octanol–water partition coefficient (Wildman–Crippen LogP) is 3.30. The van der Waals surface area contributed by atoms with Crippen LogP contribution in [0.2, 0.25) is 0 Å². The lowest BCUT2D eigenvalue weighted by Gasteiger charge is -2.29. The summed E-state index contributed by atoms with van der Waals surface area (Å²) in [5, 5.41) is 12.4. The summed E-state index contributed by atoms with van der Waals surface area (Å²) in [5.41, 5.74) is 2.77. The largest absolute Gasteiger partial charge is 0.356 e. The molecular formula is C23H32N6. The third-order valence-corrected chi connectivity index (χ3v) is 5.91. The molecule has 0 atom stereocenters. The Hall–Kier alpha value is -2.63. The van der Waals surface area contributed by atoms with Crippen molar-refractivity contribution < 1.29 is 0 Å². The van der Waals surface area contributed by atoms with Crippen LogP contribution in [0.25, 0.3) is 5.57 Å². The van der Waals surface area contributed by atoms with E-state index in [0.29, 0.717) is 0 Å². The summed E-state index contributed by atoms with van der Waals surface area (Å²) in [4.78, 5) is 6.82. The van der Waals surface area contributed by atoms with Crippen molar-refractivity contribution in [3.63, 3.8) is 0 Å². The van der Waals surface area contributed by atoms with Crippen molar-refractivity contribution in [2.75, 3.05) is 26.7 Å². The Morgan fingerprint density at radius 1 is 1.07 bits per heavy atom. The SMILES string of the molecule is CN=C(NCCCc1nnc2n1CCCCC2)N1CC=C(c2ccccc2)CC1. The number of hydrogen-bond acceptors (Lipinski definition) is 3. The van der Waals surface area contributed by atoms with Crippen LogP contribution >= 0.6 is 0 Å². The number of benzene rings is 1. The monoisotopic (exact) mass is 392 g/mol. The van der Waals surface area contributed by atoms with Crippen LogP contribution in [0.15, 0.2) is 41.4 Å². The number of hydrogen-bond donors (Lipinski definition) is 1. The van der Waals surface area contributed by atoms with Gasteiger partial charge in [0.05, 0.1) is 0 Å². The van der Waals surface area contributed by atoms with Crippen LogP contribution < -0.4 is 5.32 Å². The maximum atomic E-state index is 4.50. The van der Waals surface area contributed by atoms with Crippen LogP contribution in [0.4, 0.5) is 0 Å². The Balaban J connectivity index is 1.25. The quantitative estimate of drug-likeness (QED) is 0.482. The second kappa shape index (κ2) is 9.72. The van der Waals surface area contributed by atoms with Gasteiger partial charge >= 0.3 is 0 Å². The van der Waals surface area contributed by atoms with E-state index in [0.717, 1.165) is 63.6 Å². The normalized spacial score (nSPS) is 17.5. The number of nitrogens with one attached hydrogen (secondary N) is 1. The first-order valence-corrected chi connectivity index (χ1v) is 11.0. The van der Waals surface area contributed by atoms with Crippen molar-refractivity contribution in [1.29, 1.82) is 0 Å². The van der Waals surface area contributed by atoms with Crippen molar-refractivity contribution in [3.8, 4) is 0 Å². The first kappa shape index (κ1) is 19.7. The van der Waals surface area contributed by atoms with E-state index in [9.17, 15) is 0 Å². The molecule has 1 aromatic carbocycles. The molecule has 1 aromatic heterocycles. The van der Waals surface area contributed by atoms with Gasteiger partial charge in [-0.2, -0.15) is 0 Å². The van der Waals surface area contributed by atoms with E-state index < -0.39 is 0 Å². The fourth-order valence-corrected chi connectivity index (χ4v) is 4.29. The summed E-state index contributed by atoms with van der Waals surface area (Å²) in [5.74, 6) is 3.32. The summed E-state index contributed by atoms with van der Waals surface area (Å²) in [6.45, 7) is 3.89. The number of aromatic nitrogens is 3. The molecule has 2 aliphatic rings. The molecule has 0 amide bonds. The van der Waals surface area contributed by atoms with Crippen LogP contribution in [0, 0.1) is 0 Å². The molecule has 0 aliphatic carbocycles. The van der Waals surface area contributed by atoms with Crippen LogP contribution in [0.1, 0.15) is 49.3 Å². The van der Waals surface area contributed by atoms with E-state index in [-0.39, 0.29) is 0 Å². The molecule has 0 unspecified atom stereocenters. The van der Waals surface area contributed by atoms with Gasteiger partial charge in [-0.05, 0) is 36.8 Å². The van der Waals surface area contributed by atoms with E-state index >= 15 is 0 Å². The molecule has 0 spiro atoms. The number of fused-ring (bicyclic) bond motifs is 1. The number of nitrogens with zero attached hydrogens (tertiary/aromatic N) is 5. The smallest absolute Gasteiger partial charge is 0.193 e. The van der Waals surface area contributed by atoms with Gasteiger partial charge in [0, 0.05) is 46.1 Å². The number of guanidine groups is 1. The Morgan fingerprint density at radius 2 is 1.97 bits per heavy atom. The van der Waals surface area contributed by atoms with Crippen molar-refractivity contribution in [2.45, 2.75) is 51.5 Å². The summed E-state index contributed by atoms with van der Waals surface area (Å²) in [7, 11) is 1.87. The van der Waals surface area contributed by atoms with Gasteiger partial charge in [-0.15, -0.1) is 10.2 Å². The third-order valence-electron chi connectivity index (χ3n) is 5.91. The molecule has 6 nitrogen and oxygen atoms in total. The number of aryl methyl sites for hydroxylation is 2. The summed E-state index contributed by atoms with van der Waals surface area (Å²) < 4.78 is 2.35. The van der Waals surface area contributed by atoms with Gasteiger partial charge in [0.2, 0.25) is 0 Å². The van der Waals surface area contributed by atoms with E-state index in [2.05, 4.69) is 66.4 Å². The lowest BCUT2D eigenvalue weighted by molar-refractivity contribution is 0.439. The highest BCUT2D eigenvalue weighted by molar-refractivity contribution is 5.81. The lowest BCUT2D eigenvalue weighted by atomic mass is 10.00. The zero-order valence-electron chi connectivity index (χ0n) is 17.5. The highest BCUT2D eigenvalue weighted by atomic mass is 15.3. The Labute approximate surface area is 173 Å². The molecule has 2 aliphatic heterocycles. The van der Waals surface area contributed by atoms with E-state index in [1.165, 1.54) is 36.2 Å². The van der Waals surface area contributed by atoms with Gasteiger partial charge in [0.15, 0.2) is 5.96 Å². The second-order valence-electron chi connectivity index (χ2n) is 7.86. The topological polar surface area (TPSA) is 58.3 Å². The molecule has 29 heavy (non-hydrogen) atoms. The summed E-state index contributed by atoms with van der Waals surface area (Å²) in [6.07, 6.45) is 10.3. The van der Waals surface area contributed by atoms with Gasteiger partial charge in [-0.25, -0.2) is 0 Å². The van der Waals surface area contributed by atoms with Gasteiger partial charge in [-0.1, -0.05) is 42.8 Å². The van der Waals surface area contributed by atoms with Gasteiger partial charge < -0.3 is 14.8 Å². The van der Waals surface area contributed by atoms with Crippen LogP contribution in [0.3, 0.4) is 0 Å². The minimum absolute atomic E-state index is 0.903. The van der Waals surface area contributed by atoms with E-state index in [4.69, 9.17) is 0 Å². The third kappa shape index (κ3) is 4.86. The predicted molar refractivity (Wildman–Crippen MR) is 118 cm³/mol. The number of rotatable bonds is 5. The van der Waals surface area contributed by atoms with Crippen molar-refractivity contribution in [2.24, 2.45) is 4.99 Å². The first-order valence-electron chi connectivity index (χ1n) is 11.0. The van der Waals surface area contributed by atoms with Gasteiger partial charge in [0.1, 0.15) is 11.6 Å². The Kier molecular flexibility index (Phi) is 6.60.